The maximum absolute atomic E-state index is 8.64. The maximum Gasteiger partial charge on any atom is 2.00 e. The van der Waals surface area contributed by atoms with Crippen LogP contribution in [0.2, 0.25) is 0 Å². The van der Waals surface area contributed by atoms with Crippen molar-refractivity contribution in [2.75, 3.05) is 0 Å². The minimum absolute atomic E-state index is 0. The van der Waals surface area contributed by atoms with Gasteiger partial charge in [-0.15, -0.1) is 29.1 Å². The molecule has 0 heterocycles. The molecule has 41 heavy (non-hydrogen) atoms. The molecule has 4 rings (SSSR count). The van der Waals surface area contributed by atoms with Gasteiger partial charge in [0.2, 0.25) is 0 Å². The molecule has 0 amide bonds. The van der Waals surface area contributed by atoms with Crippen LogP contribution >= 0.6 is 0 Å². The molecule has 4 aromatic rings. The Balaban J connectivity index is 0.000000453. The van der Waals surface area contributed by atoms with E-state index in [-0.39, 0.29) is 16.5 Å². The number of allylic oxidation sites excluding steroid dienone is 2. The van der Waals surface area contributed by atoms with Gasteiger partial charge in [0.15, 0.2) is 0 Å². The number of unbranched alkanes of at least 4 members (excludes halogenated alkanes) is 3. The predicted molar refractivity (Wildman–Crippen MR) is 172 cm³/mol. The molecule has 0 fully saturated rings. The minimum Gasteiger partial charge on any atom is -0.348 e. The Morgan fingerprint density at radius 1 is 0.707 bits per heavy atom. The summed E-state index contributed by atoms with van der Waals surface area (Å²) in [5.41, 5.74) is 16.9. The standard InChI is InChI=1S/C24H28N2.2C7H7.Ni/c1-3-5-6-7-11-21-13-9-15-23(19-21)24(16-10-17-26-25)22-14-8-12-20(4-2)18-22;2*1-7-5-3-2-4-6-7;/h8-10,12-16,18-19H,3-7,11H2,1-2H3;2*2-6H,1H2;/q;2*-1;+2. The Labute approximate surface area is 258 Å². The molecule has 3 heteroatoms. The van der Waals surface area contributed by atoms with E-state index in [0.29, 0.717) is 0 Å². The first-order chi connectivity index (χ1) is 19.6. The van der Waals surface area contributed by atoms with Crippen LogP contribution in [0.25, 0.3) is 11.1 Å². The van der Waals surface area contributed by atoms with E-state index >= 15 is 0 Å². The minimum atomic E-state index is 0. The summed E-state index contributed by atoms with van der Waals surface area (Å²) in [5, 5.41) is 0. The molecule has 0 aromatic heterocycles. The second-order valence-corrected chi connectivity index (χ2v) is 9.51. The van der Waals surface area contributed by atoms with E-state index in [1.807, 2.05) is 66.7 Å². The third kappa shape index (κ3) is 14.8. The Hall–Kier alpha value is -3.99. The van der Waals surface area contributed by atoms with E-state index < -0.39 is 0 Å². The average molecular weight is 585 g/mol. The Bertz CT molecular complexity index is 1330. The van der Waals surface area contributed by atoms with E-state index in [9.17, 15) is 0 Å². The zero-order valence-electron chi connectivity index (χ0n) is 24.4. The first-order valence-corrected chi connectivity index (χ1v) is 14.1. The van der Waals surface area contributed by atoms with Gasteiger partial charge in [-0.2, -0.15) is 49.2 Å². The van der Waals surface area contributed by atoms with Crippen molar-refractivity contribution in [2.45, 2.75) is 52.4 Å². The van der Waals surface area contributed by atoms with Crippen molar-refractivity contribution in [2.24, 2.45) is 0 Å². The van der Waals surface area contributed by atoms with E-state index in [0.717, 1.165) is 29.5 Å². The summed E-state index contributed by atoms with van der Waals surface area (Å²) < 4.78 is 0. The molecule has 0 N–H and O–H groups in total. The third-order valence-corrected chi connectivity index (χ3v) is 6.27. The molecule has 0 saturated heterocycles. The molecule has 0 saturated carbocycles. The van der Waals surface area contributed by atoms with Crippen molar-refractivity contribution < 1.29 is 21.3 Å². The van der Waals surface area contributed by atoms with Gasteiger partial charge in [-0.05, 0) is 53.2 Å². The van der Waals surface area contributed by atoms with Gasteiger partial charge in [0.1, 0.15) is 0 Å². The number of aryl methyl sites for hydroxylation is 2. The van der Waals surface area contributed by atoms with Crippen LogP contribution < -0.4 is 0 Å². The molecule has 0 aliphatic carbocycles. The third-order valence-electron chi connectivity index (χ3n) is 6.27. The topological polar surface area (TPSA) is 36.4 Å². The molecule has 0 radical (unpaired) electrons. The monoisotopic (exact) mass is 584 g/mol. The molecule has 0 spiro atoms. The summed E-state index contributed by atoms with van der Waals surface area (Å²) >= 11 is 0. The van der Waals surface area contributed by atoms with Crippen molar-refractivity contribution in [1.82, 2.24) is 0 Å². The van der Waals surface area contributed by atoms with Crippen LogP contribution in [0.15, 0.2) is 121 Å². The molecule has 4 aromatic carbocycles. The molecule has 0 bridgehead atoms. The summed E-state index contributed by atoms with van der Waals surface area (Å²) in [6, 6.07) is 37.1. The van der Waals surface area contributed by atoms with Gasteiger partial charge in [0.25, 0.3) is 5.87 Å². The van der Waals surface area contributed by atoms with Gasteiger partial charge in [-0.3, -0.25) is 0 Å². The number of hydrogen-bond donors (Lipinski definition) is 0. The summed E-state index contributed by atoms with van der Waals surface area (Å²) in [7, 11) is 0. The first-order valence-electron chi connectivity index (χ1n) is 14.1. The molecule has 0 unspecified atom stereocenters. The summed E-state index contributed by atoms with van der Waals surface area (Å²) in [6.07, 6.45) is 10.8. The Morgan fingerprint density at radius 2 is 1.24 bits per heavy atom. The Kier molecular flexibility index (Phi) is 18.6. The summed E-state index contributed by atoms with van der Waals surface area (Å²) in [5.74, 6) is 2.49. The van der Waals surface area contributed by atoms with Crippen molar-refractivity contribution in [3.8, 4) is 0 Å². The van der Waals surface area contributed by atoms with Crippen LogP contribution in [0.1, 0.15) is 72.9 Å². The molecule has 214 valence electrons. The van der Waals surface area contributed by atoms with Gasteiger partial charge < -0.3 is 5.53 Å². The van der Waals surface area contributed by atoms with Crippen LogP contribution in [0.5, 0.6) is 0 Å². The van der Waals surface area contributed by atoms with Gasteiger partial charge in [0.05, 0.1) is 6.08 Å². The molecule has 2 nitrogen and oxygen atoms in total. The van der Waals surface area contributed by atoms with Crippen molar-refractivity contribution in [3.63, 3.8) is 0 Å². The molecular weight excluding hydrogens is 543 g/mol. The zero-order valence-corrected chi connectivity index (χ0v) is 25.4. The van der Waals surface area contributed by atoms with E-state index in [1.54, 1.807) is 6.08 Å². The van der Waals surface area contributed by atoms with Gasteiger partial charge in [-0.1, -0.05) is 93.8 Å². The largest absolute Gasteiger partial charge is 2.00 e. The number of benzene rings is 4. The maximum atomic E-state index is 8.64. The molecule has 0 aliphatic heterocycles. The van der Waals surface area contributed by atoms with Gasteiger partial charge in [-0.25, -0.2) is 0 Å². The number of nitrogens with zero attached hydrogens (tertiary/aromatic N) is 2. The zero-order chi connectivity index (χ0) is 28.8. The van der Waals surface area contributed by atoms with E-state index in [4.69, 9.17) is 5.53 Å². The fourth-order valence-corrected chi connectivity index (χ4v) is 4.08. The van der Waals surface area contributed by atoms with Crippen molar-refractivity contribution in [3.05, 3.63) is 174 Å². The quantitative estimate of drug-likeness (QED) is 0.0357. The van der Waals surface area contributed by atoms with Crippen LogP contribution in [0, 0.1) is 13.8 Å². The average Bonchev–Trinajstić information content (AvgIpc) is 2.99. The van der Waals surface area contributed by atoms with Gasteiger partial charge in [0, 0.05) is 0 Å². The van der Waals surface area contributed by atoms with E-state index in [2.05, 4.69) is 86.9 Å². The predicted octanol–water partition coefficient (Wildman–Crippen LogP) is 9.99. The fourth-order valence-electron chi connectivity index (χ4n) is 4.08. The Morgan fingerprint density at radius 3 is 1.71 bits per heavy atom. The summed E-state index contributed by atoms with van der Waals surface area (Å²) in [4.78, 5) is 2.95. The first kappa shape index (κ1) is 35.0. The van der Waals surface area contributed by atoms with E-state index in [1.165, 1.54) is 47.9 Å². The smallest absolute Gasteiger partial charge is 0.348 e. The second-order valence-electron chi connectivity index (χ2n) is 9.51. The summed E-state index contributed by atoms with van der Waals surface area (Å²) in [6.45, 7) is 11.8. The molecule has 0 aliphatic rings. The number of rotatable bonds is 9. The number of hydrogen-bond acceptors (Lipinski definition) is 0. The molecule has 0 atom stereocenters. The van der Waals surface area contributed by atoms with Crippen molar-refractivity contribution >= 4 is 11.4 Å². The van der Waals surface area contributed by atoms with Crippen molar-refractivity contribution in [1.29, 1.82) is 0 Å². The van der Waals surface area contributed by atoms with Crippen LogP contribution in [0.4, 0.5) is 0 Å². The van der Waals surface area contributed by atoms with Crippen LogP contribution in [0.3, 0.4) is 0 Å². The fraction of sp³-hybridized carbons (Fsp3) is 0.211. The van der Waals surface area contributed by atoms with Crippen LogP contribution in [-0.4, -0.2) is 10.7 Å². The second kappa shape index (κ2) is 21.8. The molecular formula is C38H42N2Ni. The van der Waals surface area contributed by atoms with Crippen LogP contribution in [-0.2, 0) is 29.3 Å². The van der Waals surface area contributed by atoms with Gasteiger partial charge >= 0.3 is 16.5 Å². The SMILES string of the molecule is CCCCCCc1cccc(C(=CC=C=[N+]=[N-])c2cccc(CC)c2)c1.[CH2-]c1ccccc1.[CH2-]c1ccccc1.[Ni+2]. The normalized spacial score (nSPS) is 9.85.